The van der Waals surface area contributed by atoms with Gasteiger partial charge in [-0.05, 0) is 6.07 Å². The van der Waals surface area contributed by atoms with Gasteiger partial charge in [-0.3, -0.25) is 0 Å². The first kappa shape index (κ1) is 9.50. The topological polar surface area (TPSA) is 89.2 Å². The highest BCUT2D eigenvalue weighted by atomic mass is 16.6. The number of anilines is 1. The average Bonchev–Trinajstić information content (AvgIpc) is 2.04. The second kappa shape index (κ2) is 3.88. The second-order valence-electron chi connectivity index (χ2n) is 2.47. The molecule has 1 aromatic carbocycles. The van der Waals surface area contributed by atoms with Gasteiger partial charge in [0, 0.05) is 6.07 Å². The number of nitrogen functional groups attached to an aromatic ring is 1. The Morgan fingerprint density at radius 1 is 1.62 bits per heavy atom. The minimum atomic E-state index is -1.05. The van der Waals surface area contributed by atoms with Crippen molar-refractivity contribution in [2.24, 2.45) is 0 Å². The van der Waals surface area contributed by atoms with E-state index >= 15 is 0 Å². The number of aromatic carboxylic acids is 1. The molecule has 0 fully saturated rings. The Bertz CT molecular complexity index is 325. The molecule has 0 unspecified atom stereocenters. The van der Waals surface area contributed by atoms with Crippen LogP contribution in [0.4, 0.5) is 11.4 Å². The Hall–Kier alpha value is -1.59. The minimum absolute atomic E-state index is 0.0735. The van der Waals surface area contributed by atoms with E-state index < -0.39 is 5.97 Å². The number of rotatable bonds is 3. The summed E-state index contributed by atoms with van der Waals surface area (Å²) in [5.74, 6) is -1.05. The summed E-state index contributed by atoms with van der Waals surface area (Å²) in [5, 5.41) is 8.82. The van der Waals surface area contributed by atoms with Crippen LogP contribution < -0.4 is 11.2 Å². The number of hydrogen-bond acceptors (Lipinski definition) is 3. The van der Waals surface area contributed by atoms with Crippen LogP contribution in [-0.4, -0.2) is 18.2 Å². The van der Waals surface area contributed by atoms with Crippen LogP contribution in [-0.2, 0) is 4.84 Å². The van der Waals surface area contributed by atoms with Crippen LogP contribution in [0.2, 0.25) is 0 Å². The molecule has 0 bridgehead atoms. The normalized spacial score (nSPS) is 9.92. The fraction of sp³-hybridized carbons (Fsp3) is 0.125. The van der Waals surface area contributed by atoms with Crippen LogP contribution >= 0.6 is 0 Å². The van der Waals surface area contributed by atoms with Crippen LogP contribution in [0.15, 0.2) is 18.2 Å². The standard InChI is InChI=1S/C8H10N2O3/c1-13-10-6-4-2-3-5(9)7(6)8(11)12/h2-4,10H,9H2,1H3,(H,11,12)/p+1. The monoisotopic (exact) mass is 183 g/mol. The summed E-state index contributed by atoms with van der Waals surface area (Å²) in [6.45, 7) is 0. The van der Waals surface area contributed by atoms with Gasteiger partial charge in [0.1, 0.15) is 5.56 Å². The number of quaternary nitrogens is 1. The van der Waals surface area contributed by atoms with Gasteiger partial charge in [0.25, 0.3) is 0 Å². The van der Waals surface area contributed by atoms with Crippen molar-refractivity contribution in [1.29, 1.82) is 0 Å². The molecule has 5 nitrogen and oxygen atoms in total. The number of nitrogens with two attached hydrogens (primary N) is 2. The zero-order valence-electron chi connectivity index (χ0n) is 7.15. The van der Waals surface area contributed by atoms with Crippen molar-refractivity contribution in [2.75, 3.05) is 12.8 Å². The quantitative estimate of drug-likeness (QED) is 0.444. The summed E-state index contributed by atoms with van der Waals surface area (Å²) in [7, 11) is 1.45. The van der Waals surface area contributed by atoms with E-state index in [0.717, 1.165) is 0 Å². The summed E-state index contributed by atoms with van der Waals surface area (Å²) in [6.07, 6.45) is 0. The highest BCUT2D eigenvalue weighted by molar-refractivity contribution is 5.97. The number of carbonyl (C=O) groups is 1. The van der Waals surface area contributed by atoms with E-state index in [2.05, 4.69) is 0 Å². The van der Waals surface area contributed by atoms with Crippen molar-refractivity contribution in [3.8, 4) is 0 Å². The van der Waals surface area contributed by atoms with Gasteiger partial charge >= 0.3 is 5.97 Å². The van der Waals surface area contributed by atoms with Crippen molar-refractivity contribution in [2.45, 2.75) is 0 Å². The Labute approximate surface area is 75.1 Å². The van der Waals surface area contributed by atoms with Crippen LogP contribution in [0.3, 0.4) is 0 Å². The molecule has 0 amide bonds. The predicted molar refractivity (Wildman–Crippen MR) is 46.4 cm³/mol. The summed E-state index contributed by atoms with van der Waals surface area (Å²) in [4.78, 5) is 15.5. The van der Waals surface area contributed by atoms with E-state index in [1.165, 1.54) is 18.7 Å². The lowest BCUT2D eigenvalue weighted by molar-refractivity contribution is -0.830. The average molecular weight is 183 g/mol. The molecule has 0 aliphatic rings. The highest BCUT2D eigenvalue weighted by Crippen LogP contribution is 2.17. The first-order valence-electron chi connectivity index (χ1n) is 3.64. The molecule has 0 aliphatic carbocycles. The Kier molecular flexibility index (Phi) is 2.84. The third kappa shape index (κ3) is 1.95. The van der Waals surface area contributed by atoms with Gasteiger partial charge in [0.2, 0.25) is 0 Å². The molecule has 13 heavy (non-hydrogen) atoms. The first-order chi connectivity index (χ1) is 6.16. The minimum Gasteiger partial charge on any atom is -0.477 e. The molecule has 0 saturated carbocycles. The van der Waals surface area contributed by atoms with Crippen molar-refractivity contribution < 1.29 is 20.2 Å². The summed E-state index contributed by atoms with van der Waals surface area (Å²) >= 11 is 0. The molecule has 0 aromatic heterocycles. The molecule has 0 atom stereocenters. The SMILES string of the molecule is CO[NH2+]c1cccc(N)c1C(=O)O. The first-order valence-corrected chi connectivity index (χ1v) is 3.64. The zero-order chi connectivity index (χ0) is 9.84. The molecule has 5 N–H and O–H groups in total. The maximum absolute atomic E-state index is 10.8. The van der Waals surface area contributed by atoms with Gasteiger partial charge in [-0.2, -0.15) is 5.48 Å². The van der Waals surface area contributed by atoms with Gasteiger partial charge in [-0.25, -0.2) is 9.63 Å². The van der Waals surface area contributed by atoms with Crippen molar-refractivity contribution in [3.05, 3.63) is 23.8 Å². The molecule has 0 spiro atoms. The zero-order valence-corrected chi connectivity index (χ0v) is 7.15. The lowest BCUT2D eigenvalue weighted by atomic mass is 10.1. The highest BCUT2D eigenvalue weighted by Gasteiger charge is 2.16. The number of hydrogen-bond donors (Lipinski definition) is 3. The Morgan fingerprint density at radius 3 is 2.85 bits per heavy atom. The smallest absolute Gasteiger partial charge is 0.344 e. The fourth-order valence-corrected chi connectivity index (χ4v) is 1.06. The van der Waals surface area contributed by atoms with E-state index in [9.17, 15) is 4.79 Å². The van der Waals surface area contributed by atoms with Crippen LogP contribution in [0.5, 0.6) is 0 Å². The molecule has 70 valence electrons. The molecule has 0 heterocycles. The predicted octanol–water partition coefficient (Wildman–Crippen LogP) is -0.277. The molecule has 1 rings (SSSR count). The van der Waals surface area contributed by atoms with Crippen molar-refractivity contribution >= 4 is 17.3 Å². The van der Waals surface area contributed by atoms with E-state index in [1.807, 2.05) is 0 Å². The van der Waals surface area contributed by atoms with E-state index in [0.29, 0.717) is 5.69 Å². The summed E-state index contributed by atoms with van der Waals surface area (Å²) in [5.41, 5.74) is 7.62. The summed E-state index contributed by atoms with van der Waals surface area (Å²) in [6, 6.07) is 4.84. The lowest BCUT2D eigenvalue weighted by Gasteiger charge is -2.03. The maximum atomic E-state index is 10.8. The third-order valence-electron chi connectivity index (χ3n) is 1.59. The fourth-order valence-electron chi connectivity index (χ4n) is 1.06. The molecule has 0 radical (unpaired) electrons. The molecular weight excluding hydrogens is 172 g/mol. The maximum Gasteiger partial charge on any atom is 0.344 e. The van der Waals surface area contributed by atoms with Crippen molar-refractivity contribution in [3.63, 3.8) is 0 Å². The molecule has 5 heteroatoms. The number of carboxylic acids is 1. The van der Waals surface area contributed by atoms with E-state index in [-0.39, 0.29) is 11.3 Å². The van der Waals surface area contributed by atoms with Crippen LogP contribution in [0, 0.1) is 0 Å². The van der Waals surface area contributed by atoms with E-state index in [4.69, 9.17) is 15.7 Å². The third-order valence-corrected chi connectivity index (χ3v) is 1.59. The van der Waals surface area contributed by atoms with Gasteiger partial charge in [-0.15, -0.1) is 0 Å². The largest absolute Gasteiger partial charge is 0.477 e. The van der Waals surface area contributed by atoms with Crippen molar-refractivity contribution in [1.82, 2.24) is 0 Å². The Balaban J connectivity index is 3.17. The number of benzene rings is 1. The summed E-state index contributed by atoms with van der Waals surface area (Å²) < 4.78 is 0. The van der Waals surface area contributed by atoms with Crippen LogP contribution in [0.1, 0.15) is 10.4 Å². The molecular formula is C8H11N2O3+. The lowest BCUT2D eigenvalue weighted by Crippen LogP contribution is -2.76. The van der Waals surface area contributed by atoms with Crippen LogP contribution in [0.25, 0.3) is 0 Å². The molecule has 1 aromatic rings. The second-order valence-corrected chi connectivity index (χ2v) is 2.47. The molecule has 0 saturated heterocycles. The number of carboxylic acid groups (broad SMARTS) is 1. The van der Waals surface area contributed by atoms with E-state index in [1.54, 1.807) is 12.1 Å². The van der Waals surface area contributed by atoms with Gasteiger partial charge < -0.3 is 10.8 Å². The van der Waals surface area contributed by atoms with Gasteiger partial charge in [-0.1, -0.05) is 6.07 Å². The van der Waals surface area contributed by atoms with Gasteiger partial charge in [0.05, 0.1) is 12.8 Å². The molecule has 0 aliphatic heterocycles. The Morgan fingerprint density at radius 2 is 2.31 bits per heavy atom. The van der Waals surface area contributed by atoms with Gasteiger partial charge in [0.15, 0.2) is 5.69 Å².